The van der Waals surface area contributed by atoms with Crippen molar-refractivity contribution < 1.29 is 0 Å². The number of hydrogen-bond acceptors (Lipinski definition) is 3. The van der Waals surface area contributed by atoms with Crippen LogP contribution in [0.4, 0.5) is 17.1 Å². The monoisotopic (exact) mass is 377 g/mol. The molecule has 2 unspecified atom stereocenters. The summed E-state index contributed by atoms with van der Waals surface area (Å²) in [5.41, 5.74) is 24.8. The van der Waals surface area contributed by atoms with Crippen LogP contribution in [0.1, 0.15) is 42.5 Å². The van der Waals surface area contributed by atoms with E-state index in [2.05, 4.69) is 38.1 Å². The molecule has 0 fully saturated rings. The zero-order chi connectivity index (χ0) is 19.4. The smallest absolute Gasteiger partial charge is 0.0429 e. The third-order valence-electron chi connectivity index (χ3n) is 6.00. The summed E-state index contributed by atoms with van der Waals surface area (Å²) in [4.78, 5) is 0. The third-order valence-corrected chi connectivity index (χ3v) is 6.21. The first-order valence-electron chi connectivity index (χ1n) is 9.05. The lowest BCUT2D eigenvalue weighted by atomic mass is 9.72. The van der Waals surface area contributed by atoms with Crippen molar-refractivity contribution >= 4 is 28.7 Å². The van der Waals surface area contributed by atoms with Crippen LogP contribution in [0.3, 0.4) is 0 Å². The molecule has 4 heteroatoms. The molecule has 4 rings (SSSR count). The summed E-state index contributed by atoms with van der Waals surface area (Å²) in [6, 6.07) is 20.3. The Morgan fingerprint density at radius 3 is 1.63 bits per heavy atom. The fourth-order valence-electron chi connectivity index (χ4n) is 4.78. The Morgan fingerprint density at radius 1 is 0.704 bits per heavy atom. The van der Waals surface area contributed by atoms with E-state index in [1.807, 2.05) is 24.3 Å². The second-order valence-corrected chi connectivity index (χ2v) is 8.48. The van der Waals surface area contributed by atoms with E-state index in [1.165, 1.54) is 11.1 Å². The van der Waals surface area contributed by atoms with Gasteiger partial charge < -0.3 is 17.2 Å². The van der Waals surface area contributed by atoms with E-state index in [4.69, 9.17) is 28.8 Å². The molecule has 2 atom stereocenters. The van der Waals surface area contributed by atoms with Crippen LogP contribution in [0.5, 0.6) is 0 Å². The summed E-state index contributed by atoms with van der Waals surface area (Å²) in [5.74, 6) is 0. The number of nitrogen functional groups attached to an aromatic ring is 3. The van der Waals surface area contributed by atoms with Gasteiger partial charge >= 0.3 is 0 Å². The highest BCUT2D eigenvalue weighted by atomic mass is 35.5. The lowest BCUT2D eigenvalue weighted by Crippen LogP contribution is -2.26. The van der Waals surface area contributed by atoms with Gasteiger partial charge in [0.2, 0.25) is 0 Å². The molecule has 0 amide bonds. The van der Waals surface area contributed by atoms with Gasteiger partial charge in [0.05, 0.1) is 0 Å². The number of fused-ring (bicyclic) bond motifs is 1. The zero-order valence-electron chi connectivity index (χ0n) is 15.6. The highest BCUT2D eigenvalue weighted by Gasteiger charge is 2.49. The molecule has 1 aliphatic carbocycles. The number of hydrogen-bond donors (Lipinski definition) is 3. The van der Waals surface area contributed by atoms with Gasteiger partial charge in [-0.25, -0.2) is 0 Å². The molecule has 0 aromatic heterocycles. The number of anilines is 3. The molecule has 0 heterocycles. The average molecular weight is 378 g/mol. The Bertz CT molecular complexity index is 923. The van der Waals surface area contributed by atoms with Crippen molar-refractivity contribution in [2.45, 2.75) is 31.1 Å². The molecule has 6 N–H and O–H groups in total. The topological polar surface area (TPSA) is 78.1 Å². The molecule has 0 saturated carbocycles. The van der Waals surface area contributed by atoms with E-state index in [0.717, 1.165) is 17.5 Å². The maximum atomic E-state index is 6.33. The first-order chi connectivity index (χ1) is 12.7. The van der Waals surface area contributed by atoms with Crippen molar-refractivity contribution in [1.29, 1.82) is 0 Å². The van der Waals surface area contributed by atoms with Gasteiger partial charge in [0.25, 0.3) is 0 Å². The van der Waals surface area contributed by atoms with E-state index < -0.39 is 0 Å². The second kappa shape index (κ2) is 5.93. The summed E-state index contributed by atoms with van der Waals surface area (Å²) < 4.78 is 0. The largest absolute Gasteiger partial charge is 0.399 e. The Labute approximate surface area is 165 Å². The molecule has 0 bridgehead atoms. The van der Waals surface area contributed by atoms with Gasteiger partial charge in [0.1, 0.15) is 0 Å². The van der Waals surface area contributed by atoms with Crippen LogP contribution < -0.4 is 17.2 Å². The highest BCUT2D eigenvalue weighted by Crippen LogP contribution is 2.56. The summed E-state index contributed by atoms with van der Waals surface area (Å²) in [6.07, 6.45) is 0.877. The van der Waals surface area contributed by atoms with Gasteiger partial charge in [-0.1, -0.05) is 49.7 Å². The fraction of sp³-hybridized carbons (Fsp3) is 0.217. The van der Waals surface area contributed by atoms with E-state index in [-0.39, 0.29) is 10.8 Å². The van der Waals surface area contributed by atoms with Crippen LogP contribution in [-0.2, 0) is 10.8 Å². The van der Waals surface area contributed by atoms with Crippen LogP contribution in [-0.4, -0.2) is 0 Å². The molecule has 27 heavy (non-hydrogen) atoms. The van der Waals surface area contributed by atoms with Gasteiger partial charge in [-0.2, -0.15) is 0 Å². The van der Waals surface area contributed by atoms with Gasteiger partial charge in [0, 0.05) is 32.9 Å². The van der Waals surface area contributed by atoms with E-state index in [1.54, 1.807) is 12.1 Å². The molecule has 0 aliphatic heterocycles. The zero-order valence-corrected chi connectivity index (χ0v) is 16.3. The molecule has 3 nitrogen and oxygen atoms in total. The third kappa shape index (κ3) is 2.74. The number of nitrogens with two attached hydrogens (primary N) is 3. The maximum Gasteiger partial charge on any atom is 0.0429 e. The molecule has 0 spiro atoms. The van der Waals surface area contributed by atoms with Gasteiger partial charge in [-0.3, -0.25) is 0 Å². The van der Waals surface area contributed by atoms with Gasteiger partial charge in [-0.05, 0) is 65.1 Å². The van der Waals surface area contributed by atoms with Crippen molar-refractivity contribution in [2.24, 2.45) is 0 Å². The highest BCUT2D eigenvalue weighted by molar-refractivity contribution is 6.30. The van der Waals surface area contributed by atoms with Crippen molar-refractivity contribution in [3.63, 3.8) is 0 Å². The minimum atomic E-state index is -0.219. The van der Waals surface area contributed by atoms with E-state index >= 15 is 0 Å². The summed E-state index contributed by atoms with van der Waals surface area (Å²) in [7, 11) is 0. The average Bonchev–Trinajstić information content (AvgIpc) is 2.84. The second-order valence-electron chi connectivity index (χ2n) is 8.05. The first kappa shape index (κ1) is 17.7. The summed E-state index contributed by atoms with van der Waals surface area (Å²) in [5, 5.41) is 0.658. The fourth-order valence-corrected chi connectivity index (χ4v) is 5.03. The van der Waals surface area contributed by atoms with Crippen LogP contribution >= 0.6 is 11.6 Å². The predicted octanol–water partition coefficient (Wildman–Crippen LogP) is 5.10. The molecule has 1 aliphatic rings. The number of rotatable bonds is 2. The molecule has 138 valence electrons. The lowest BCUT2D eigenvalue weighted by Gasteiger charge is -2.31. The van der Waals surface area contributed by atoms with Gasteiger partial charge in [-0.15, -0.1) is 0 Å². The number of halogens is 1. The quantitative estimate of drug-likeness (QED) is 0.543. The summed E-state index contributed by atoms with van der Waals surface area (Å²) >= 11 is 6.33. The van der Waals surface area contributed by atoms with E-state index in [9.17, 15) is 0 Å². The Balaban J connectivity index is 1.96. The molecular formula is C23H24ClN3. The van der Waals surface area contributed by atoms with Crippen molar-refractivity contribution in [1.82, 2.24) is 0 Å². The molecule has 0 saturated heterocycles. The van der Waals surface area contributed by atoms with Crippen LogP contribution in [0.2, 0.25) is 5.02 Å². The maximum absolute atomic E-state index is 6.33. The Morgan fingerprint density at radius 2 is 1.15 bits per heavy atom. The Hall–Kier alpha value is -2.65. The van der Waals surface area contributed by atoms with Crippen LogP contribution in [0.15, 0.2) is 60.7 Å². The molecule has 0 radical (unpaired) electrons. The standard InChI is InChI=1S/C23H24ClN3/c1-22(14-7-16(24)11-17(25)8-14)13-23(2,21-6-4-3-5-20(21)22)15-9-18(26)12-19(27)10-15/h3-12H,13,25-27H2,1-2H3. The predicted molar refractivity (Wildman–Crippen MR) is 115 cm³/mol. The van der Waals surface area contributed by atoms with E-state index in [0.29, 0.717) is 22.1 Å². The SMILES string of the molecule is CC1(c2cc(N)cc(N)c2)CC(C)(c2cc(N)cc(Cl)c2)c2ccccc21. The summed E-state index contributed by atoms with van der Waals surface area (Å²) in [6.45, 7) is 4.52. The van der Waals surface area contributed by atoms with Crippen molar-refractivity contribution in [2.75, 3.05) is 17.2 Å². The van der Waals surface area contributed by atoms with Crippen LogP contribution in [0, 0.1) is 0 Å². The molecule has 3 aromatic carbocycles. The first-order valence-corrected chi connectivity index (χ1v) is 9.43. The minimum absolute atomic E-state index is 0.216. The van der Waals surface area contributed by atoms with Gasteiger partial charge in [0.15, 0.2) is 0 Å². The van der Waals surface area contributed by atoms with Crippen LogP contribution in [0.25, 0.3) is 0 Å². The minimum Gasteiger partial charge on any atom is -0.399 e. The lowest BCUT2D eigenvalue weighted by molar-refractivity contribution is 0.450. The van der Waals surface area contributed by atoms with Crippen molar-refractivity contribution in [3.8, 4) is 0 Å². The number of benzene rings is 3. The Kier molecular flexibility index (Phi) is 3.90. The molecular weight excluding hydrogens is 354 g/mol. The van der Waals surface area contributed by atoms with Crippen molar-refractivity contribution in [3.05, 3.63) is 87.9 Å². The molecule has 3 aromatic rings. The normalized spacial score (nSPS) is 24.0.